The van der Waals surface area contributed by atoms with Crippen LogP contribution >= 0.6 is 0 Å². The van der Waals surface area contributed by atoms with Gasteiger partial charge >= 0.3 is 0 Å². The van der Waals surface area contributed by atoms with Crippen molar-refractivity contribution in [1.82, 2.24) is 9.80 Å². The Hall–Kier alpha value is -7.05. The van der Waals surface area contributed by atoms with Gasteiger partial charge in [0.25, 0.3) is 11.4 Å². The Labute approximate surface area is 359 Å². The fourth-order valence-corrected chi connectivity index (χ4v) is 12.3. The standard InChI is InChI=1S/C45H42N6O12/c1-62-36-14-8-22(17-33(36)53)38-30-5-3-15-48(30)45(27-20-25(51(60)61)10-12-29(27)47-43(45)57)41(38)35(55)21-34(54)39-31-6-4-16-49(31)44(40(39)23-7-13-32(52)37(18-23)63-2)26-19-24(50(58)59)9-11-28(26)46-42(44)56/h7-14,17-21,30-31,38-41,52-54H,3-6,15-16H2,1-2H3,(H,46,56)(H,47,57)/b34-21-. The van der Waals surface area contributed by atoms with Crippen LogP contribution in [-0.4, -0.2) is 92.0 Å². The summed E-state index contributed by atoms with van der Waals surface area (Å²) in [6.45, 7) is 0.733. The molecule has 2 spiro atoms. The van der Waals surface area contributed by atoms with Gasteiger partial charge in [-0.05, 0) is 86.3 Å². The number of benzene rings is 4. The molecule has 8 atom stereocenters. The van der Waals surface area contributed by atoms with Crippen LogP contribution in [0.4, 0.5) is 22.7 Å². The number of methoxy groups -OCH3 is 2. The number of nitrogens with one attached hydrogen (secondary N) is 2. The molecule has 4 fully saturated rings. The Morgan fingerprint density at radius 2 is 1.32 bits per heavy atom. The molecular formula is C45H42N6O12. The smallest absolute Gasteiger partial charge is 0.269 e. The first kappa shape index (κ1) is 40.0. The minimum atomic E-state index is -1.78. The third-order valence-corrected chi connectivity index (χ3v) is 14.5. The predicted octanol–water partition coefficient (Wildman–Crippen LogP) is 5.69. The third kappa shape index (κ3) is 5.40. The number of nitro groups is 2. The molecule has 2 amide bonds. The molecule has 6 heterocycles. The Balaban J connectivity index is 1.18. The minimum Gasteiger partial charge on any atom is -0.512 e. The zero-order valence-corrected chi connectivity index (χ0v) is 34.0. The summed E-state index contributed by atoms with van der Waals surface area (Å²) in [5.41, 5.74) is -1.77. The van der Waals surface area contributed by atoms with E-state index >= 15 is 4.79 Å². The minimum absolute atomic E-state index is 0.0738. The number of ketones is 1. The van der Waals surface area contributed by atoms with Crippen molar-refractivity contribution in [3.8, 4) is 23.0 Å². The van der Waals surface area contributed by atoms with Gasteiger partial charge in [-0.1, -0.05) is 12.1 Å². The van der Waals surface area contributed by atoms with Crippen LogP contribution in [0.5, 0.6) is 23.0 Å². The van der Waals surface area contributed by atoms with Crippen molar-refractivity contribution in [2.45, 2.75) is 60.7 Å². The van der Waals surface area contributed by atoms with Crippen LogP contribution in [0.25, 0.3) is 0 Å². The lowest BCUT2D eigenvalue weighted by molar-refractivity contribution is -0.385. The van der Waals surface area contributed by atoms with Crippen molar-refractivity contribution < 1.29 is 49.0 Å². The van der Waals surface area contributed by atoms with Crippen LogP contribution in [0.2, 0.25) is 0 Å². The molecule has 18 heteroatoms. The summed E-state index contributed by atoms with van der Waals surface area (Å²) in [7, 11) is 2.77. The average Bonchev–Trinajstić information content (AvgIpc) is 4.11. The summed E-state index contributed by atoms with van der Waals surface area (Å²) in [4.78, 5) is 72.4. The first-order chi connectivity index (χ1) is 30.3. The molecule has 6 aliphatic rings. The number of aliphatic hydroxyl groups excluding tert-OH is 1. The molecule has 63 heavy (non-hydrogen) atoms. The van der Waals surface area contributed by atoms with Gasteiger partial charge in [-0.3, -0.25) is 44.4 Å². The van der Waals surface area contributed by atoms with Gasteiger partial charge < -0.3 is 35.4 Å². The van der Waals surface area contributed by atoms with Crippen LogP contribution in [0.15, 0.2) is 84.6 Å². The van der Waals surface area contributed by atoms with Gasteiger partial charge in [0.05, 0.1) is 30.0 Å². The van der Waals surface area contributed by atoms with Gasteiger partial charge in [0.15, 0.2) is 28.8 Å². The first-order valence-electron chi connectivity index (χ1n) is 20.7. The number of carbonyl (C=O) groups excluding carboxylic acids is 3. The molecule has 4 aromatic rings. The molecule has 4 aromatic carbocycles. The van der Waals surface area contributed by atoms with E-state index in [1.54, 1.807) is 24.3 Å². The Morgan fingerprint density at radius 1 is 0.746 bits per heavy atom. The molecule has 18 nitrogen and oxygen atoms in total. The number of nitro benzene ring substituents is 2. The molecule has 6 aliphatic heterocycles. The Morgan fingerprint density at radius 3 is 1.92 bits per heavy atom. The van der Waals surface area contributed by atoms with E-state index in [4.69, 9.17) is 9.47 Å². The van der Waals surface area contributed by atoms with Crippen molar-refractivity contribution in [3.05, 3.63) is 127 Å². The van der Waals surface area contributed by atoms with Gasteiger partial charge in [0.1, 0.15) is 16.8 Å². The lowest BCUT2D eigenvalue weighted by atomic mass is 9.68. The van der Waals surface area contributed by atoms with Crippen LogP contribution < -0.4 is 20.1 Å². The van der Waals surface area contributed by atoms with Crippen LogP contribution in [0, 0.1) is 32.1 Å². The second-order valence-electron chi connectivity index (χ2n) is 17.1. The molecule has 10 rings (SSSR count). The highest BCUT2D eigenvalue weighted by Crippen LogP contribution is 2.65. The molecule has 324 valence electrons. The van der Waals surface area contributed by atoms with E-state index in [9.17, 15) is 45.1 Å². The molecule has 0 saturated carbocycles. The molecule has 4 saturated heterocycles. The molecule has 0 bridgehead atoms. The predicted molar refractivity (Wildman–Crippen MR) is 224 cm³/mol. The van der Waals surface area contributed by atoms with Crippen molar-refractivity contribution in [2.75, 3.05) is 37.9 Å². The van der Waals surface area contributed by atoms with E-state index < -0.39 is 80.0 Å². The van der Waals surface area contributed by atoms with Gasteiger partial charge in [0, 0.05) is 82.7 Å². The second kappa shape index (κ2) is 14.2. The highest BCUT2D eigenvalue weighted by Gasteiger charge is 2.71. The maximum absolute atomic E-state index is 15.7. The van der Waals surface area contributed by atoms with Gasteiger partial charge in [-0.25, -0.2) is 0 Å². The zero-order chi connectivity index (χ0) is 44.3. The number of allylic oxidation sites excluding steroid dienone is 1. The summed E-state index contributed by atoms with van der Waals surface area (Å²) in [5, 5.41) is 64.8. The van der Waals surface area contributed by atoms with E-state index in [0.717, 1.165) is 6.08 Å². The number of rotatable bonds is 9. The maximum Gasteiger partial charge on any atom is 0.269 e. The van der Waals surface area contributed by atoms with Gasteiger partial charge in [-0.15, -0.1) is 0 Å². The lowest BCUT2D eigenvalue weighted by Crippen LogP contribution is -2.52. The van der Waals surface area contributed by atoms with Crippen molar-refractivity contribution in [1.29, 1.82) is 0 Å². The van der Waals surface area contributed by atoms with Crippen molar-refractivity contribution >= 4 is 40.3 Å². The Bertz CT molecular complexity index is 2720. The number of fused-ring (bicyclic) bond motifs is 8. The fraction of sp³-hybridized carbons (Fsp3) is 0.356. The van der Waals surface area contributed by atoms with Crippen LogP contribution in [0.3, 0.4) is 0 Å². The number of carbonyl (C=O) groups is 3. The molecular weight excluding hydrogens is 817 g/mol. The first-order valence-corrected chi connectivity index (χ1v) is 20.7. The summed E-state index contributed by atoms with van der Waals surface area (Å²) in [6, 6.07) is 16.5. The number of hydrogen-bond donors (Lipinski definition) is 5. The monoisotopic (exact) mass is 858 g/mol. The summed E-state index contributed by atoms with van der Waals surface area (Å²) >= 11 is 0. The summed E-state index contributed by atoms with van der Waals surface area (Å²) in [5.74, 6) is -6.36. The number of non-ortho nitro benzene ring substituents is 2. The van der Waals surface area contributed by atoms with Crippen LogP contribution in [-0.2, 0) is 25.5 Å². The number of ether oxygens (including phenoxy) is 2. The number of aliphatic hydroxyl groups is 1. The van der Waals surface area contributed by atoms with Crippen LogP contribution in [0.1, 0.15) is 59.8 Å². The number of nitrogens with zero attached hydrogens (tertiary/aromatic N) is 4. The normalized spacial score (nSPS) is 29.3. The highest BCUT2D eigenvalue weighted by atomic mass is 16.6. The van der Waals surface area contributed by atoms with E-state index in [-0.39, 0.29) is 39.9 Å². The summed E-state index contributed by atoms with van der Waals surface area (Å²) in [6.07, 6.45) is 3.36. The quantitative estimate of drug-likeness (QED) is 0.0587. The molecule has 0 aromatic heterocycles. The van der Waals surface area contributed by atoms with Crippen molar-refractivity contribution in [3.63, 3.8) is 0 Å². The average molecular weight is 859 g/mol. The molecule has 0 radical (unpaired) electrons. The molecule has 5 N–H and O–H groups in total. The van der Waals surface area contributed by atoms with Crippen molar-refractivity contribution in [2.24, 2.45) is 11.8 Å². The number of anilines is 2. The van der Waals surface area contributed by atoms with E-state index in [1.165, 1.54) is 62.8 Å². The van der Waals surface area contributed by atoms with E-state index in [0.29, 0.717) is 66.8 Å². The third-order valence-electron chi connectivity index (χ3n) is 14.5. The number of phenolic OH excluding ortho intramolecular Hbond substituents is 2. The van der Waals surface area contributed by atoms with Gasteiger partial charge in [-0.2, -0.15) is 0 Å². The fourth-order valence-electron chi connectivity index (χ4n) is 12.3. The van der Waals surface area contributed by atoms with E-state index in [2.05, 4.69) is 10.6 Å². The lowest BCUT2D eigenvalue weighted by Gasteiger charge is -2.38. The van der Waals surface area contributed by atoms with Gasteiger partial charge in [0.2, 0.25) is 11.8 Å². The molecule has 8 unspecified atom stereocenters. The van der Waals surface area contributed by atoms with E-state index in [1.807, 2.05) is 9.80 Å². The topological polar surface area (TPSA) is 247 Å². The SMILES string of the molecule is COc1ccc(C2C3CCCN3C3(C(=O)Nc4ccc([N+](=O)[O-])cc43)C2C(=O)/C=C(\O)C2C3CCCN3C3(C(=O)Nc4ccc([N+](=O)[O-])cc43)C2c2ccc(O)c(OC)c2)cc1O. The largest absolute Gasteiger partial charge is 0.512 e. The highest BCUT2D eigenvalue weighted by molar-refractivity contribution is 6.12. The zero-order valence-electron chi connectivity index (χ0n) is 34.0. The summed E-state index contributed by atoms with van der Waals surface area (Å²) < 4.78 is 10.8. The Kier molecular flexibility index (Phi) is 9.06. The number of hydrogen-bond acceptors (Lipinski definition) is 14. The number of phenols is 2. The second-order valence-corrected chi connectivity index (χ2v) is 17.1. The number of amides is 2. The number of aromatic hydroxyl groups is 2. The maximum atomic E-state index is 15.7. The molecule has 0 aliphatic carbocycles.